The molecule has 0 amide bonds. The van der Waals surface area contributed by atoms with E-state index in [2.05, 4.69) is 6.92 Å². The lowest BCUT2D eigenvalue weighted by atomic mass is 9.40. The molecule has 10 fully saturated rings. The highest BCUT2D eigenvalue weighted by Gasteiger charge is 2.70. The summed E-state index contributed by atoms with van der Waals surface area (Å²) in [5.74, 6) is -1.07. The molecule has 6 heterocycles. The number of aliphatic hydroxyl groups is 19. The fraction of sp³-hybridized carbons (Fsp3) is 1.00. The Morgan fingerprint density at radius 1 is 0.483 bits per heavy atom. The Morgan fingerprint density at radius 3 is 1.54 bits per heavy atom. The SMILES string of the molecule is CC(CCC1(O)OC2CC3C(CCC4C3CC(O)C3(C)C(OC5OC(CO)C(OC6OC(CO)C(O)C(OC7OC(CO)C(O)C(O)C7O)C6OC6OC(CO)C(O)C(O)C6O)C(O)C5O)CCCC43C)C2C1C)COC1OC(CO)C(O)C(O)C1O. The maximum atomic E-state index is 12.6. The van der Waals surface area contributed by atoms with E-state index in [9.17, 15) is 97.0 Å². The van der Waals surface area contributed by atoms with Crippen molar-refractivity contribution >= 4 is 0 Å². The van der Waals surface area contributed by atoms with E-state index in [4.69, 9.17) is 52.1 Å². The summed E-state index contributed by atoms with van der Waals surface area (Å²) in [6.45, 7) is 3.99. The van der Waals surface area contributed by atoms with Gasteiger partial charge in [-0.05, 0) is 85.9 Å². The molecule has 6 saturated heterocycles. The van der Waals surface area contributed by atoms with Gasteiger partial charge in [0.1, 0.15) is 122 Å². The lowest BCUT2D eigenvalue weighted by Crippen LogP contribution is -2.69. The summed E-state index contributed by atoms with van der Waals surface area (Å²) in [4.78, 5) is 0. The van der Waals surface area contributed by atoms with Gasteiger partial charge >= 0.3 is 0 Å². The van der Waals surface area contributed by atoms with Gasteiger partial charge in [0.05, 0.1) is 58.0 Å². The van der Waals surface area contributed by atoms with Gasteiger partial charge in [0.2, 0.25) is 0 Å². The molecule has 38 unspecified atom stereocenters. The quantitative estimate of drug-likeness (QED) is 0.0571. The van der Waals surface area contributed by atoms with Gasteiger partial charge < -0.3 is 149 Å². The predicted octanol–water partition coefficient (Wildman–Crippen LogP) is -7.16. The summed E-state index contributed by atoms with van der Waals surface area (Å²) < 4.78 is 66.3. The first-order valence-corrected chi connectivity index (χ1v) is 31.0. The average molecular weight is 1260 g/mol. The minimum Gasteiger partial charge on any atom is -0.394 e. The van der Waals surface area contributed by atoms with Gasteiger partial charge in [0.15, 0.2) is 37.2 Å². The number of hydrogen-bond acceptors (Lipinski definition) is 30. The highest BCUT2D eigenvalue weighted by Crippen LogP contribution is 2.70. The van der Waals surface area contributed by atoms with Crippen molar-refractivity contribution in [1.29, 1.82) is 0 Å². The van der Waals surface area contributed by atoms with E-state index >= 15 is 0 Å². The molecule has 30 nitrogen and oxygen atoms in total. The standard InChI is InChI=1S/C57H96O30/c1-20(19-77-50-43(72)39(68)35(64)27(14-58)78-50)9-11-57(76)21(2)34-22-7-8-25-24(23(22)12-26(34)87-57)13-32(63)56(4)33(6-5-10-55(25,56)3)83-51-46(75)42(71)47(31(18-62)82-51)84-54-49(86-53-45(74)41(70)37(66)29(16-60)80-53)48(38(67)30(17-61)81-54)85-52-44(73)40(69)36(65)28(15-59)79-52/h20-54,58-76H,5-19H2,1-4H3. The van der Waals surface area contributed by atoms with Crippen molar-refractivity contribution in [2.75, 3.05) is 39.6 Å². The maximum absolute atomic E-state index is 12.6. The van der Waals surface area contributed by atoms with Crippen molar-refractivity contribution in [3.8, 4) is 0 Å². The Labute approximate surface area is 502 Å². The van der Waals surface area contributed by atoms with Gasteiger partial charge in [0.25, 0.3) is 0 Å². The lowest BCUT2D eigenvalue weighted by Gasteiger charge is -2.67. The molecule has 0 spiro atoms. The van der Waals surface area contributed by atoms with Crippen molar-refractivity contribution in [1.82, 2.24) is 0 Å². The first-order chi connectivity index (χ1) is 41.2. The van der Waals surface area contributed by atoms with E-state index in [1.165, 1.54) is 0 Å². The molecule has 6 aliphatic heterocycles. The summed E-state index contributed by atoms with van der Waals surface area (Å²) in [5.41, 5.74) is -1.45. The van der Waals surface area contributed by atoms with E-state index in [1.54, 1.807) is 0 Å². The number of hydrogen-bond donors (Lipinski definition) is 19. The van der Waals surface area contributed by atoms with Crippen LogP contribution in [0.2, 0.25) is 0 Å². The molecule has 0 bridgehead atoms. The van der Waals surface area contributed by atoms with Gasteiger partial charge in [-0.3, -0.25) is 0 Å². The number of fused-ring (bicyclic) bond motifs is 7. The molecule has 0 aromatic heterocycles. The molecule has 504 valence electrons. The molecule has 0 aromatic rings. The molecule has 87 heavy (non-hydrogen) atoms. The Balaban J connectivity index is 0.808. The van der Waals surface area contributed by atoms with E-state index in [0.29, 0.717) is 38.5 Å². The summed E-state index contributed by atoms with van der Waals surface area (Å²) >= 11 is 0. The first-order valence-electron chi connectivity index (χ1n) is 31.0. The summed E-state index contributed by atoms with van der Waals surface area (Å²) in [5, 5.41) is 206. The van der Waals surface area contributed by atoms with Crippen LogP contribution in [0.5, 0.6) is 0 Å². The first kappa shape index (κ1) is 68.7. The van der Waals surface area contributed by atoms with Crippen LogP contribution >= 0.6 is 0 Å². The Bertz CT molecular complexity index is 2220. The molecule has 10 aliphatic rings. The van der Waals surface area contributed by atoms with Gasteiger partial charge in [0, 0.05) is 17.8 Å². The van der Waals surface area contributed by atoms with Gasteiger partial charge in [-0.15, -0.1) is 0 Å². The van der Waals surface area contributed by atoms with Crippen LogP contribution in [0.1, 0.15) is 85.5 Å². The molecular weight excluding hydrogens is 1160 g/mol. The third-order valence-electron chi connectivity index (χ3n) is 22.4. The lowest BCUT2D eigenvalue weighted by molar-refractivity contribution is -0.408. The van der Waals surface area contributed by atoms with E-state index in [-0.39, 0.29) is 54.1 Å². The van der Waals surface area contributed by atoms with Crippen molar-refractivity contribution in [3.63, 3.8) is 0 Å². The average Bonchev–Trinajstić information content (AvgIpc) is 1.80. The number of ether oxygens (including phenoxy) is 11. The van der Waals surface area contributed by atoms with Crippen LogP contribution in [-0.2, 0) is 52.1 Å². The van der Waals surface area contributed by atoms with Crippen molar-refractivity contribution in [2.45, 2.75) is 263 Å². The van der Waals surface area contributed by atoms with E-state index in [1.807, 2.05) is 20.8 Å². The fourth-order valence-electron chi connectivity index (χ4n) is 17.1. The fourth-order valence-corrected chi connectivity index (χ4v) is 17.1. The molecular formula is C57H96O30. The smallest absolute Gasteiger partial charge is 0.187 e. The molecule has 4 saturated carbocycles. The highest BCUT2D eigenvalue weighted by molar-refractivity contribution is 5.17. The van der Waals surface area contributed by atoms with Crippen molar-refractivity contribution in [3.05, 3.63) is 0 Å². The Morgan fingerprint density at radius 2 is 0.966 bits per heavy atom. The Hall–Kier alpha value is -1.20. The normalized spacial score (nSPS) is 55.6. The van der Waals surface area contributed by atoms with E-state index < -0.39 is 215 Å². The van der Waals surface area contributed by atoms with Crippen molar-refractivity contribution < 1.29 is 149 Å². The minimum atomic E-state index is -2.09. The molecule has 38 atom stereocenters. The zero-order valence-electron chi connectivity index (χ0n) is 49.3. The van der Waals surface area contributed by atoms with Gasteiger partial charge in [-0.1, -0.05) is 34.1 Å². The molecule has 19 N–H and O–H groups in total. The van der Waals surface area contributed by atoms with Gasteiger partial charge in [-0.25, -0.2) is 0 Å². The zero-order valence-corrected chi connectivity index (χ0v) is 49.3. The summed E-state index contributed by atoms with van der Waals surface area (Å²) in [6.07, 6.45) is -40.8. The molecule has 4 aliphatic carbocycles. The van der Waals surface area contributed by atoms with Gasteiger partial charge in [-0.2, -0.15) is 0 Å². The largest absolute Gasteiger partial charge is 0.394 e. The highest BCUT2D eigenvalue weighted by atomic mass is 16.8. The maximum Gasteiger partial charge on any atom is 0.187 e. The topological polar surface area (TPSA) is 486 Å². The number of rotatable bonds is 19. The summed E-state index contributed by atoms with van der Waals surface area (Å²) in [7, 11) is 0. The molecule has 10 rings (SSSR count). The second kappa shape index (κ2) is 27.3. The molecule has 30 heteroatoms. The summed E-state index contributed by atoms with van der Waals surface area (Å²) in [6, 6.07) is 0. The van der Waals surface area contributed by atoms with Crippen LogP contribution in [0.4, 0.5) is 0 Å². The minimum absolute atomic E-state index is 0.0606. The predicted molar refractivity (Wildman–Crippen MR) is 286 cm³/mol. The van der Waals surface area contributed by atoms with Crippen LogP contribution in [0.25, 0.3) is 0 Å². The second-order valence-corrected chi connectivity index (χ2v) is 27.0. The number of aliphatic hydroxyl groups excluding tert-OH is 18. The Kier molecular flexibility index (Phi) is 21.5. The van der Waals surface area contributed by atoms with Crippen LogP contribution in [0.3, 0.4) is 0 Å². The van der Waals surface area contributed by atoms with Crippen LogP contribution in [-0.4, -0.2) is 314 Å². The van der Waals surface area contributed by atoms with Crippen LogP contribution in [0.15, 0.2) is 0 Å². The molecule has 0 aromatic carbocycles. The zero-order chi connectivity index (χ0) is 63.1. The third kappa shape index (κ3) is 12.3. The monoisotopic (exact) mass is 1260 g/mol. The van der Waals surface area contributed by atoms with E-state index in [0.717, 1.165) is 19.3 Å². The second-order valence-electron chi connectivity index (χ2n) is 27.0. The molecule has 0 radical (unpaired) electrons. The van der Waals surface area contributed by atoms with Crippen molar-refractivity contribution in [2.24, 2.45) is 52.3 Å². The van der Waals surface area contributed by atoms with Crippen LogP contribution < -0.4 is 0 Å². The van der Waals surface area contributed by atoms with Crippen LogP contribution in [0, 0.1) is 52.3 Å². The third-order valence-corrected chi connectivity index (χ3v) is 22.4.